The molecule has 162 valence electrons. The Hall–Kier alpha value is -1.27. The Labute approximate surface area is 185 Å². The summed E-state index contributed by atoms with van der Waals surface area (Å²) in [6, 6.07) is 7.43. The summed E-state index contributed by atoms with van der Waals surface area (Å²) in [4.78, 5) is 4.47. The minimum Gasteiger partial charge on any atom is -0.497 e. The van der Waals surface area contributed by atoms with E-state index in [4.69, 9.17) is 9.47 Å². The van der Waals surface area contributed by atoms with Gasteiger partial charge in [0.1, 0.15) is 17.6 Å². The third-order valence-electron chi connectivity index (χ3n) is 3.37. The lowest BCUT2D eigenvalue weighted by molar-refractivity contribution is 0.223. The molecular formula is C18H33IN4O4S. The predicted molar refractivity (Wildman–Crippen MR) is 125 cm³/mol. The highest BCUT2D eigenvalue weighted by Gasteiger charge is 2.22. The van der Waals surface area contributed by atoms with Gasteiger partial charge in [0.05, 0.1) is 26.5 Å². The molecule has 0 heterocycles. The number of aliphatic imine (C=N–C) groups is 1. The van der Waals surface area contributed by atoms with E-state index in [2.05, 4.69) is 20.3 Å². The summed E-state index contributed by atoms with van der Waals surface area (Å²) >= 11 is 0. The SMILES string of the molecule is CCNC(=NCC(C)(C)NS(C)(=O)=O)NCC(C)Oc1cccc(OC)c1.I. The van der Waals surface area contributed by atoms with Gasteiger partial charge in [0.25, 0.3) is 0 Å². The fourth-order valence-corrected chi connectivity index (χ4v) is 3.41. The number of nitrogens with zero attached hydrogens (tertiary/aromatic N) is 1. The smallest absolute Gasteiger partial charge is 0.209 e. The van der Waals surface area contributed by atoms with Gasteiger partial charge in [-0.3, -0.25) is 4.99 Å². The largest absolute Gasteiger partial charge is 0.497 e. The van der Waals surface area contributed by atoms with E-state index in [-0.39, 0.29) is 30.1 Å². The minimum absolute atomic E-state index is 0. The minimum atomic E-state index is -3.30. The number of sulfonamides is 1. The Bertz CT molecular complexity index is 726. The molecule has 1 aromatic carbocycles. The Morgan fingerprint density at radius 3 is 2.46 bits per heavy atom. The van der Waals surface area contributed by atoms with Crippen LogP contribution in [0.2, 0.25) is 0 Å². The van der Waals surface area contributed by atoms with E-state index in [0.29, 0.717) is 25.6 Å². The molecule has 0 saturated heterocycles. The van der Waals surface area contributed by atoms with Crippen molar-refractivity contribution in [3.05, 3.63) is 24.3 Å². The van der Waals surface area contributed by atoms with E-state index < -0.39 is 15.6 Å². The molecule has 0 aromatic heterocycles. The van der Waals surface area contributed by atoms with Crippen molar-refractivity contribution in [2.24, 2.45) is 4.99 Å². The third-order valence-corrected chi connectivity index (χ3v) is 4.30. The maximum absolute atomic E-state index is 11.4. The van der Waals surface area contributed by atoms with Crippen molar-refractivity contribution in [2.75, 3.05) is 33.0 Å². The maximum Gasteiger partial charge on any atom is 0.209 e. The van der Waals surface area contributed by atoms with Gasteiger partial charge in [-0.25, -0.2) is 13.1 Å². The molecule has 28 heavy (non-hydrogen) atoms. The van der Waals surface area contributed by atoms with E-state index in [9.17, 15) is 8.42 Å². The van der Waals surface area contributed by atoms with Crippen LogP contribution in [0.1, 0.15) is 27.7 Å². The lowest BCUT2D eigenvalue weighted by Gasteiger charge is -2.24. The zero-order chi connectivity index (χ0) is 20.5. The molecule has 0 bridgehead atoms. The molecule has 1 atom stereocenters. The van der Waals surface area contributed by atoms with E-state index in [0.717, 1.165) is 17.8 Å². The van der Waals surface area contributed by atoms with E-state index in [1.807, 2.05) is 38.1 Å². The van der Waals surface area contributed by atoms with Crippen LogP contribution in [0.3, 0.4) is 0 Å². The first kappa shape index (κ1) is 26.7. The Morgan fingerprint density at radius 1 is 1.25 bits per heavy atom. The van der Waals surface area contributed by atoms with Gasteiger partial charge in [-0.1, -0.05) is 6.07 Å². The fraction of sp³-hybridized carbons (Fsp3) is 0.611. The molecule has 0 spiro atoms. The molecule has 1 rings (SSSR count). The van der Waals surface area contributed by atoms with Crippen molar-refractivity contribution in [2.45, 2.75) is 39.3 Å². The topological polar surface area (TPSA) is 101 Å². The summed E-state index contributed by atoms with van der Waals surface area (Å²) in [5.74, 6) is 2.06. The van der Waals surface area contributed by atoms with Crippen molar-refractivity contribution in [3.63, 3.8) is 0 Å². The number of rotatable bonds is 10. The highest BCUT2D eigenvalue weighted by Crippen LogP contribution is 2.19. The number of nitrogens with one attached hydrogen (secondary N) is 3. The number of benzene rings is 1. The fourth-order valence-electron chi connectivity index (χ4n) is 2.34. The molecule has 3 N–H and O–H groups in total. The molecule has 8 nitrogen and oxygen atoms in total. The van der Waals surface area contributed by atoms with Crippen LogP contribution in [-0.2, 0) is 10.0 Å². The zero-order valence-electron chi connectivity index (χ0n) is 17.4. The van der Waals surface area contributed by atoms with Crippen LogP contribution >= 0.6 is 24.0 Å². The van der Waals surface area contributed by atoms with Crippen LogP contribution in [0, 0.1) is 0 Å². The molecule has 1 unspecified atom stereocenters. The van der Waals surface area contributed by atoms with Crippen LogP contribution in [0.4, 0.5) is 0 Å². The molecular weight excluding hydrogens is 495 g/mol. The Kier molecular flexibility index (Phi) is 11.8. The van der Waals surface area contributed by atoms with Gasteiger partial charge >= 0.3 is 0 Å². The number of methoxy groups -OCH3 is 1. The van der Waals surface area contributed by atoms with Gasteiger partial charge in [-0.05, 0) is 39.8 Å². The first-order valence-corrected chi connectivity index (χ1v) is 10.8. The maximum atomic E-state index is 11.4. The van der Waals surface area contributed by atoms with Crippen molar-refractivity contribution in [1.82, 2.24) is 15.4 Å². The predicted octanol–water partition coefficient (Wildman–Crippen LogP) is 1.96. The van der Waals surface area contributed by atoms with Crippen LogP contribution in [0.15, 0.2) is 29.3 Å². The zero-order valence-corrected chi connectivity index (χ0v) is 20.6. The number of ether oxygens (including phenoxy) is 2. The monoisotopic (exact) mass is 528 g/mol. The van der Waals surface area contributed by atoms with Gasteiger partial charge in [0.15, 0.2) is 5.96 Å². The number of hydrogen-bond donors (Lipinski definition) is 3. The molecule has 1 aromatic rings. The van der Waals surface area contributed by atoms with Crippen molar-refractivity contribution >= 4 is 40.0 Å². The molecule has 0 fully saturated rings. The standard InChI is InChI=1S/C18H32N4O4S.HI/c1-7-19-17(21-13-18(3,4)22-27(6,23)24)20-12-14(2)26-16-10-8-9-15(11-16)25-5;/h8-11,14,22H,7,12-13H2,1-6H3,(H2,19,20,21);1H. The van der Waals surface area contributed by atoms with Gasteiger partial charge in [0.2, 0.25) is 10.0 Å². The Balaban J connectivity index is 0.00000729. The quantitative estimate of drug-likeness (QED) is 0.244. The summed E-state index contributed by atoms with van der Waals surface area (Å²) in [7, 11) is -1.68. The third kappa shape index (κ3) is 11.5. The van der Waals surface area contributed by atoms with Crippen LogP contribution in [0.25, 0.3) is 0 Å². The Morgan fingerprint density at radius 2 is 1.89 bits per heavy atom. The summed E-state index contributed by atoms with van der Waals surface area (Å²) < 4.78 is 36.5. The first-order valence-electron chi connectivity index (χ1n) is 8.86. The second-order valence-corrected chi connectivity index (χ2v) is 8.69. The molecule has 0 aliphatic carbocycles. The number of halogens is 1. The summed E-state index contributed by atoms with van der Waals surface area (Å²) in [6.07, 6.45) is 1.03. The summed E-state index contributed by atoms with van der Waals surface area (Å²) in [5, 5.41) is 6.35. The molecule has 0 aliphatic heterocycles. The van der Waals surface area contributed by atoms with Crippen LogP contribution in [0.5, 0.6) is 11.5 Å². The van der Waals surface area contributed by atoms with Crippen molar-refractivity contribution < 1.29 is 17.9 Å². The lowest BCUT2D eigenvalue weighted by Crippen LogP contribution is -2.47. The molecule has 0 aliphatic rings. The average molecular weight is 528 g/mol. The van der Waals surface area contributed by atoms with Gasteiger partial charge in [-0.2, -0.15) is 0 Å². The van der Waals surface area contributed by atoms with Crippen LogP contribution < -0.4 is 24.8 Å². The average Bonchev–Trinajstić information content (AvgIpc) is 2.55. The normalized spacial score (nSPS) is 13.3. The summed E-state index contributed by atoms with van der Waals surface area (Å²) in [6.45, 7) is 9.00. The highest BCUT2D eigenvalue weighted by atomic mass is 127. The molecule has 0 saturated carbocycles. The highest BCUT2D eigenvalue weighted by molar-refractivity contribution is 14.0. The lowest BCUT2D eigenvalue weighted by atomic mass is 10.1. The number of hydrogen-bond acceptors (Lipinski definition) is 5. The molecule has 10 heteroatoms. The van der Waals surface area contributed by atoms with E-state index in [1.54, 1.807) is 21.0 Å². The van der Waals surface area contributed by atoms with Gasteiger partial charge in [0, 0.05) is 18.2 Å². The summed E-state index contributed by atoms with van der Waals surface area (Å²) in [5.41, 5.74) is -0.682. The van der Waals surface area contributed by atoms with Gasteiger partial charge < -0.3 is 20.1 Å². The molecule has 0 radical (unpaired) electrons. The van der Waals surface area contributed by atoms with E-state index in [1.165, 1.54) is 0 Å². The van der Waals surface area contributed by atoms with Gasteiger partial charge in [-0.15, -0.1) is 24.0 Å². The van der Waals surface area contributed by atoms with E-state index >= 15 is 0 Å². The van der Waals surface area contributed by atoms with Crippen molar-refractivity contribution in [1.29, 1.82) is 0 Å². The van der Waals surface area contributed by atoms with Crippen LogP contribution in [-0.4, -0.2) is 59.0 Å². The second kappa shape index (κ2) is 12.3. The number of guanidine groups is 1. The van der Waals surface area contributed by atoms with Crippen molar-refractivity contribution in [3.8, 4) is 11.5 Å². The second-order valence-electron chi connectivity index (χ2n) is 6.94. The molecule has 0 amide bonds. The first-order chi connectivity index (χ1) is 12.5.